The molecule has 0 atom stereocenters. The largest absolute Gasteiger partial charge is 0.325 e. The first-order valence-corrected chi connectivity index (χ1v) is 11.3. The van der Waals surface area contributed by atoms with Crippen molar-refractivity contribution in [3.05, 3.63) is 71.6 Å². The van der Waals surface area contributed by atoms with Crippen molar-refractivity contribution in [1.29, 1.82) is 0 Å². The molecule has 4 aromatic rings. The average Bonchev–Trinajstić information content (AvgIpc) is 3.14. The van der Waals surface area contributed by atoms with E-state index in [9.17, 15) is 9.59 Å². The average molecular weight is 432 g/mol. The van der Waals surface area contributed by atoms with Crippen molar-refractivity contribution in [3.63, 3.8) is 0 Å². The number of fused-ring (bicyclic) bond motifs is 2. The lowest BCUT2D eigenvalue weighted by Gasteiger charge is -2.08. The van der Waals surface area contributed by atoms with Gasteiger partial charge in [-0.3, -0.25) is 14.9 Å². The molecule has 2 amide bonds. The number of nitrogens with one attached hydrogen (secondary N) is 2. The van der Waals surface area contributed by atoms with Crippen molar-refractivity contribution in [2.45, 2.75) is 11.3 Å². The van der Waals surface area contributed by atoms with Crippen LogP contribution >= 0.6 is 23.1 Å². The molecule has 0 spiro atoms. The van der Waals surface area contributed by atoms with Gasteiger partial charge in [-0.25, -0.2) is 4.98 Å². The van der Waals surface area contributed by atoms with Crippen LogP contribution in [-0.2, 0) is 4.79 Å². The highest BCUT2D eigenvalue weighted by Crippen LogP contribution is 2.32. The quantitative estimate of drug-likeness (QED) is 0.440. The minimum atomic E-state index is -0.249. The number of hydrogen-bond acceptors (Lipinski definition) is 5. The Morgan fingerprint density at radius 3 is 2.80 bits per heavy atom. The summed E-state index contributed by atoms with van der Waals surface area (Å²) < 4.78 is 0. The summed E-state index contributed by atoms with van der Waals surface area (Å²) in [7, 11) is 0. The van der Waals surface area contributed by atoms with Crippen LogP contribution in [0.2, 0.25) is 0 Å². The molecule has 3 aromatic carbocycles. The summed E-state index contributed by atoms with van der Waals surface area (Å²) in [5.41, 5.74) is 3.01. The SMILES string of the molecule is O=C1CCSc2ccc(C(=O)Nc3nc(-c4ccc5ccccc5c4)cs3)cc2N1. The smallest absolute Gasteiger partial charge is 0.257 e. The standard InChI is InChI=1S/C23H17N3O2S2/c27-21-9-10-29-20-8-7-17(12-18(20)24-21)22(28)26-23-25-19(13-30-23)16-6-5-14-3-1-2-4-15(14)11-16/h1-8,11-13H,9-10H2,(H,24,27)(H,25,26,28). The first-order chi connectivity index (χ1) is 14.7. The summed E-state index contributed by atoms with van der Waals surface area (Å²) in [6, 6.07) is 19.8. The molecule has 1 aromatic heterocycles. The van der Waals surface area contributed by atoms with E-state index in [1.165, 1.54) is 16.7 Å². The molecule has 2 heterocycles. The van der Waals surface area contributed by atoms with Gasteiger partial charge in [0.15, 0.2) is 5.13 Å². The Hall–Kier alpha value is -3.16. The van der Waals surface area contributed by atoms with Gasteiger partial charge in [0.1, 0.15) is 0 Å². The number of thiazole rings is 1. The van der Waals surface area contributed by atoms with E-state index in [4.69, 9.17) is 0 Å². The summed E-state index contributed by atoms with van der Waals surface area (Å²) in [6.07, 6.45) is 0.470. The fourth-order valence-corrected chi connectivity index (χ4v) is 4.99. The first kappa shape index (κ1) is 18.8. The van der Waals surface area contributed by atoms with Gasteiger partial charge >= 0.3 is 0 Å². The van der Waals surface area contributed by atoms with Gasteiger partial charge in [-0.1, -0.05) is 36.4 Å². The Morgan fingerprint density at radius 2 is 1.90 bits per heavy atom. The molecule has 5 rings (SSSR count). The Balaban J connectivity index is 1.36. The van der Waals surface area contributed by atoms with E-state index in [0.717, 1.165) is 27.3 Å². The van der Waals surface area contributed by atoms with E-state index in [1.807, 2.05) is 29.6 Å². The predicted octanol–water partition coefficient (Wildman–Crippen LogP) is 5.65. The molecule has 0 radical (unpaired) electrons. The molecule has 148 valence electrons. The maximum atomic E-state index is 12.7. The number of anilines is 2. The molecule has 7 heteroatoms. The van der Waals surface area contributed by atoms with Crippen molar-refractivity contribution in [1.82, 2.24) is 4.98 Å². The van der Waals surface area contributed by atoms with Crippen LogP contribution in [0.1, 0.15) is 16.8 Å². The molecular formula is C23H17N3O2S2. The van der Waals surface area contributed by atoms with Crippen LogP contribution in [0.4, 0.5) is 10.8 Å². The Morgan fingerprint density at radius 1 is 1.03 bits per heavy atom. The molecule has 0 unspecified atom stereocenters. The first-order valence-electron chi connectivity index (χ1n) is 9.48. The third-order valence-corrected chi connectivity index (χ3v) is 6.71. The number of carbonyl (C=O) groups is 2. The van der Waals surface area contributed by atoms with Gasteiger partial charge in [-0.15, -0.1) is 23.1 Å². The highest BCUT2D eigenvalue weighted by molar-refractivity contribution is 7.99. The zero-order valence-corrected chi connectivity index (χ0v) is 17.5. The topological polar surface area (TPSA) is 71.1 Å². The summed E-state index contributed by atoms with van der Waals surface area (Å²) in [6.45, 7) is 0. The molecule has 0 bridgehead atoms. The second kappa shape index (κ2) is 7.93. The van der Waals surface area contributed by atoms with Crippen LogP contribution in [-0.4, -0.2) is 22.6 Å². The number of benzene rings is 3. The number of thioether (sulfide) groups is 1. The van der Waals surface area contributed by atoms with Crippen LogP contribution in [0.3, 0.4) is 0 Å². The van der Waals surface area contributed by atoms with E-state index in [2.05, 4.69) is 39.9 Å². The lowest BCUT2D eigenvalue weighted by Crippen LogP contribution is -2.14. The molecular weight excluding hydrogens is 414 g/mol. The fourth-order valence-electron chi connectivity index (χ4n) is 3.34. The highest BCUT2D eigenvalue weighted by atomic mass is 32.2. The highest BCUT2D eigenvalue weighted by Gasteiger charge is 2.17. The molecule has 5 nitrogen and oxygen atoms in total. The van der Waals surface area contributed by atoms with E-state index >= 15 is 0 Å². The van der Waals surface area contributed by atoms with Crippen LogP contribution in [0.15, 0.2) is 70.9 Å². The lowest BCUT2D eigenvalue weighted by atomic mass is 10.1. The molecule has 0 saturated heterocycles. The van der Waals surface area contributed by atoms with Gasteiger partial charge in [-0.05, 0) is 35.0 Å². The van der Waals surface area contributed by atoms with Crippen LogP contribution in [0, 0.1) is 0 Å². The third kappa shape index (κ3) is 3.81. The van der Waals surface area contributed by atoms with Crippen molar-refractivity contribution in [2.75, 3.05) is 16.4 Å². The maximum absolute atomic E-state index is 12.7. The summed E-state index contributed by atoms with van der Waals surface area (Å²) in [5.74, 6) is 0.459. The summed E-state index contributed by atoms with van der Waals surface area (Å²) >= 11 is 3.00. The number of carbonyl (C=O) groups excluding carboxylic acids is 2. The van der Waals surface area contributed by atoms with Gasteiger partial charge < -0.3 is 5.32 Å². The van der Waals surface area contributed by atoms with Crippen LogP contribution in [0.5, 0.6) is 0 Å². The Labute approximate surface area is 181 Å². The molecule has 1 aliphatic heterocycles. The van der Waals surface area contributed by atoms with E-state index in [1.54, 1.807) is 23.9 Å². The van der Waals surface area contributed by atoms with Gasteiger partial charge in [0.2, 0.25) is 5.91 Å². The second-order valence-electron chi connectivity index (χ2n) is 6.91. The number of rotatable bonds is 3. The van der Waals surface area contributed by atoms with Crippen LogP contribution in [0.25, 0.3) is 22.0 Å². The van der Waals surface area contributed by atoms with Crippen molar-refractivity contribution in [2.24, 2.45) is 0 Å². The number of amides is 2. The normalized spacial score (nSPS) is 13.4. The number of nitrogens with zero attached hydrogens (tertiary/aromatic N) is 1. The van der Waals surface area contributed by atoms with Crippen molar-refractivity contribution < 1.29 is 9.59 Å². The summed E-state index contributed by atoms with van der Waals surface area (Å²) in [5, 5.41) is 10.5. The molecule has 30 heavy (non-hydrogen) atoms. The zero-order chi connectivity index (χ0) is 20.5. The van der Waals surface area contributed by atoms with Crippen molar-refractivity contribution in [3.8, 4) is 11.3 Å². The molecule has 0 fully saturated rings. The minimum Gasteiger partial charge on any atom is -0.325 e. The number of aromatic nitrogens is 1. The predicted molar refractivity (Wildman–Crippen MR) is 123 cm³/mol. The van der Waals surface area contributed by atoms with Crippen molar-refractivity contribution >= 4 is 56.5 Å². The monoisotopic (exact) mass is 431 g/mol. The van der Waals surface area contributed by atoms with Gasteiger partial charge in [0.25, 0.3) is 5.91 Å². The maximum Gasteiger partial charge on any atom is 0.257 e. The lowest BCUT2D eigenvalue weighted by molar-refractivity contribution is -0.115. The molecule has 0 saturated carbocycles. The number of hydrogen-bond donors (Lipinski definition) is 2. The van der Waals surface area contributed by atoms with Crippen LogP contribution < -0.4 is 10.6 Å². The third-order valence-electron chi connectivity index (χ3n) is 4.87. The van der Waals surface area contributed by atoms with E-state index in [-0.39, 0.29) is 11.8 Å². The van der Waals surface area contributed by atoms with E-state index in [0.29, 0.717) is 22.8 Å². The van der Waals surface area contributed by atoms with Gasteiger partial charge in [0, 0.05) is 33.6 Å². The second-order valence-corrected chi connectivity index (χ2v) is 8.91. The van der Waals surface area contributed by atoms with Gasteiger partial charge in [-0.2, -0.15) is 0 Å². The zero-order valence-electron chi connectivity index (χ0n) is 15.8. The molecule has 1 aliphatic rings. The molecule has 2 N–H and O–H groups in total. The molecule has 0 aliphatic carbocycles. The van der Waals surface area contributed by atoms with E-state index < -0.39 is 0 Å². The Bertz CT molecular complexity index is 1280. The van der Waals surface area contributed by atoms with Gasteiger partial charge in [0.05, 0.1) is 11.4 Å². The minimum absolute atomic E-state index is 0.0289. The summed E-state index contributed by atoms with van der Waals surface area (Å²) in [4.78, 5) is 30.1. The fraction of sp³-hybridized carbons (Fsp3) is 0.0870. The Kier molecular flexibility index (Phi) is 4.98.